The standard InChI is InChI=1S/C37H35ClN6O4S/c1-21-22(2)49-37-34(21)35(24-6-9-29(38)10-7-24)41-31(36-43-42-23(3)44(36)37)19-32(46)39-12-13-47-14-15-48-33-11-8-27(20-40-33)25-4-5-26-17-30(45)18-28(26)16-25/h4-11,16,20,31H,12-15,17-19H2,1-3H3,(H,39,46)/t31-/m0/s1. The van der Waals surface area contributed by atoms with Crippen molar-refractivity contribution in [2.45, 2.75) is 46.1 Å². The minimum atomic E-state index is -0.536. The highest BCUT2D eigenvalue weighted by molar-refractivity contribution is 7.15. The predicted molar refractivity (Wildman–Crippen MR) is 189 cm³/mol. The third-order valence-corrected chi connectivity index (χ3v) is 10.3. The molecule has 7 rings (SSSR count). The maximum absolute atomic E-state index is 13.2. The van der Waals surface area contributed by atoms with E-state index >= 15 is 0 Å². The van der Waals surface area contributed by atoms with E-state index in [2.05, 4.69) is 40.4 Å². The quantitative estimate of drug-likeness (QED) is 0.165. The van der Waals surface area contributed by atoms with Crippen LogP contribution in [0.1, 0.15) is 56.8 Å². The molecule has 2 aliphatic rings. The molecule has 0 saturated heterocycles. The number of hydrogen-bond donors (Lipinski definition) is 1. The summed E-state index contributed by atoms with van der Waals surface area (Å²) >= 11 is 7.88. The Morgan fingerprint density at radius 2 is 1.73 bits per heavy atom. The molecule has 5 aromatic rings. The number of carbonyl (C=O) groups is 2. The second-order valence-electron chi connectivity index (χ2n) is 12.2. The van der Waals surface area contributed by atoms with Crippen molar-refractivity contribution in [3.05, 3.63) is 110 Å². The van der Waals surface area contributed by atoms with Crippen LogP contribution in [0.15, 0.2) is 65.8 Å². The number of ketones is 1. The number of aryl methyl sites for hydroxylation is 2. The maximum Gasteiger partial charge on any atom is 0.222 e. The summed E-state index contributed by atoms with van der Waals surface area (Å²) in [6, 6.07) is 17.0. The highest BCUT2D eigenvalue weighted by atomic mass is 35.5. The number of halogens is 1. The number of thiophene rings is 1. The Hall–Kier alpha value is -4.71. The molecular weight excluding hydrogens is 660 g/mol. The largest absolute Gasteiger partial charge is 0.475 e. The van der Waals surface area contributed by atoms with Gasteiger partial charge in [-0.05, 0) is 61.2 Å². The summed E-state index contributed by atoms with van der Waals surface area (Å²) in [6.07, 6.45) is 2.91. The number of ether oxygens (including phenoxy) is 2. The van der Waals surface area contributed by atoms with Gasteiger partial charge >= 0.3 is 0 Å². The number of aliphatic imine (C=N–C) groups is 1. The number of carbonyl (C=O) groups excluding carboxylic acids is 2. The van der Waals surface area contributed by atoms with Gasteiger partial charge in [0.2, 0.25) is 11.8 Å². The van der Waals surface area contributed by atoms with E-state index in [4.69, 9.17) is 26.1 Å². The monoisotopic (exact) mass is 694 g/mol. The Morgan fingerprint density at radius 1 is 0.959 bits per heavy atom. The van der Waals surface area contributed by atoms with Crippen molar-refractivity contribution in [2.24, 2.45) is 4.99 Å². The lowest BCUT2D eigenvalue weighted by Crippen LogP contribution is -2.29. The van der Waals surface area contributed by atoms with Gasteiger partial charge in [0.05, 0.1) is 25.3 Å². The third kappa shape index (κ3) is 6.92. The Balaban J connectivity index is 0.919. The van der Waals surface area contributed by atoms with Crippen molar-refractivity contribution in [1.82, 2.24) is 25.1 Å². The fourth-order valence-electron chi connectivity index (χ4n) is 6.22. The molecule has 1 atom stereocenters. The average Bonchev–Trinajstić information content (AvgIpc) is 3.73. The first-order valence-electron chi connectivity index (χ1n) is 16.2. The van der Waals surface area contributed by atoms with E-state index in [-0.39, 0.29) is 18.1 Å². The van der Waals surface area contributed by atoms with E-state index in [1.807, 2.05) is 60.0 Å². The van der Waals surface area contributed by atoms with Crippen molar-refractivity contribution in [2.75, 3.05) is 26.4 Å². The molecule has 3 aromatic heterocycles. The van der Waals surface area contributed by atoms with Crippen LogP contribution in [0.25, 0.3) is 16.1 Å². The SMILES string of the molecule is Cc1sc2c(c1C)C(c1ccc(Cl)cc1)=N[C@@H](CC(=O)NCCOCCOc1ccc(-c3ccc4c(c3)CC(=O)C4)cn1)c1nnc(C)n1-2. The molecule has 0 unspecified atom stereocenters. The number of aromatic nitrogens is 4. The highest BCUT2D eigenvalue weighted by Gasteiger charge is 2.32. The van der Waals surface area contributed by atoms with Gasteiger partial charge in [-0.1, -0.05) is 41.9 Å². The van der Waals surface area contributed by atoms with E-state index in [9.17, 15) is 9.59 Å². The van der Waals surface area contributed by atoms with Gasteiger partial charge in [-0.15, -0.1) is 21.5 Å². The Bertz CT molecular complexity index is 2070. The molecule has 12 heteroatoms. The zero-order valence-electron chi connectivity index (χ0n) is 27.5. The van der Waals surface area contributed by atoms with E-state index < -0.39 is 6.04 Å². The summed E-state index contributed by atoms with van der Waals surface area (Å²) in [7, 11) is 0. The van der Waals surface area contributed by atoms with Crippen molar-refractivity contribution >= 4 is 40.3 Å². The van der Waals surface area contributed by atoms with Gasteiger partial charge < -0.3 is 14.8 Å². The minimum Gasteiger partial charge on any atom is -0.475 e. The van der Waals surface area contributed by atoms with Gasteiger partial charge in [-0.25, -0.2) is 4.98 Å². The van der Waals surface area contributed by atoms with Crippen LogP contribution in [-0.2, 0) is 27.2 Å². The van der Waals surface area contributed by atoms with Crippen LogP contribution < -0.4 is 10.1 Å². The number of hydrogen-bond acceptors (Lipinski definition) is 9. The van der Waals surface area contributed by atoms with Crippen LogP contribution in [0.4, 0.5) is 0 Å². The number of amides is 1. The normalized spacial score (nSPS) is 14.9. The molecule has 250 valence electrons. The lowest BCUT2D eigenvalue weighted by molar-refractivity contribution is -0.121. The Kier molecular flexibility index (Phi) is 9.40. The number of nitrogens with one attached hydrogen (secondary N) is 1. The van der Waals surface area contributed by atoms with Gasteiger partial charge in [0.15, 0.2) is 5.82 Å². The average molecular weight is 695 g/mol. The van der Waals surface area contributed by atoms with Crippen LogP contribution in [-0.4, -0.2) is 63.5 Å². The van der Waals surface area contributed by atoms with E-state index in [0.29, 0.717) is 55.9 Å². The van der Waals surface area contributed by atoms with Crippen LogP contribution in [0, 0.1) is 20.8 Å². The summed E-state index contributed by atoms with van der Waals surface area (Å²) in [6.45, 7) is 7.46. The number of Topliss-reactive ketones (excluding diaryl/α,β-unsaturated/α-hetero) is 1. The molecule has 0 fully saturated rings. The predicted octanol–water partition coefficient (Wildman–Crippen LogP) is 6.13. The van der Waals surface area contributed by atoms with E-state index in [1.54, 1.807) is 17.5 Å². The number of benzene rings is 2. The smallest absolute Gasteiger partial charge is 0.222 e. The Morgan fingerprint density at radius 3 is 2.53 bits per heavy atom. The first-order valence-corrected chi connectivity index (χ1v) is 17.4. The van der Waals surface area contributed by atoms with Crippen LogP contribution in [0.3, 0.4) is 0 Å². The molecule has 0 saturated carbocycles. The second kappa shape index (κ2) is 14.0. The summed E-state index contributed by atoms with van der Waals surface area (Å²) < 4.78 is 13.5. The van der Waals surface area contributed by atoms with Crippen molar-refractivity contribution < 1.29 is 19.1 Å². The fraction of sp³-hybridized carbons (Fsp3) is 0.297. The van der Waals surface area contributed by atoms with Crippen molar-refractivity contribution in [1.29, 1.82) is 0 Å². The molecule has 10 nitrogen and oxygen atoms in total. The van der Waals surface area contributed by atoms with Crippen LogP contribution >= 0.6 is 22.9 Å². The van der Waals surface area contributed by atoms with Gasteiger partial charge in [0.1, 0.15) is 29.3 Å². The lowest BCUT2D eigenvalue weighted by Gasteiger charge is -2.13. The maximum atomic E-state index is 13.2. The van der Waals surface area contributed by atoms with E-state index in [1.165, 1.54) is 4.88 Å². The topological polar surface area (TPSA) is 121 Å². The molecule has 1 aliphatic heterocycles. The number of pyridine rings is 1. The Labute approximate surface area is 293 Å². The second-order valence-corrected chi connectivity index (χ2v) is 13.8. The molecule has 1 N–H and O–H groups in total. The molecule has 1 amide bonds. The summed E-state index contributed by atoms with van der Waals surface area (Å²) in [5.74, 6) is 1.99. The van der Waals surface area contributed by atoms with Gasteiger partial charge in [-0.2, -0.15) is 0 Å². The molecule has 0 radical (unpaired) electrons. The van der Waals surface area contributed by atoms with Crippen LogP contribution in [0.5, 0.6) is 5.88 Å². The summed E-state index contributed by atoms with van der Waals surface area (Å²) in [4.78, 5) is 35.7. The third-order valence-electron chi connectivity index (χ3n) is 8.83. The zero-order chi connectivity index (χ0) is 34.1. The molecule has 49 heavy (non-hydrogen) atoms. The number of fused-ring (bicyclic) bond motifs is 4. The summed E-state index contributed by atoms with van der Waals surface area (Å²) in [5, 5.41) is 13.4. The van der Waals surface area contributed by atoms with Gasteiger partial charge in [-0.3, -0.25) is 19.1 Å². The molecule has 0 bridgehead atoms. The zero-order valence-corrected chi connectivity index (χ0v) is 29.0. The van der Waals surface area contributed by atoms with Crippen molar-refractivity contribution in [3.63, 3.8) is 0 Å². The number of rotatable bonds is 11. The van der Waals surface area contributed by atoms with Crippen molar-refractivity contribution in [3.8, 4) is 22.0 Å². The highest BCUT2D eigenvalue weighted by Crippen LogP contribution is 2.39. The first kappa shape index (κ1) is 32.8. The molecular formula is C37H35ClN6O4S. The van der Waals surface area contributed by atoms with E-state index in [0.717, 1.165) is 55.5 Å². The first-order chi connectivity index (χ1) is 23.7. The lowest BCUT2D eigenvalue weighted by atomic mass is 9.99. The fourth-order valence-corrected chi connectivity index (χ4v) is 7.56. The molecule has 0 spiro atoms. The molecule has 4 heterocycles. The number of nitrogens with zero attached hydrogens (tertiary/aromatic N) is 5. The molecule has 2 aromatic carbocycles. The van der Waals surface area contributed by atoms with Gasteiger partial charge in [0, 0.05) is 58.2 Å². The molecule has 1 aliphatic carbocycles. The minimum absolute atomic E-state index is 0.108. The summed E-state index contributed by atoms with van der Waals surface area (Å²) in [5.41, 5.74) is 8.11. The van der Waals surface area contributed by atoms with Crippen LogP contribution in [0.2, 0.25) is 5.02 Å². The van der Waals surface area contributed by atoms with Gasteiger partial charge in [0.25, 0.3) is 0 Å².